The molecule has 0 radical (unpaired) electrons. The summed E-state index contributed by atoms with van der Waals surface area (Å²) in [6, 6.07) is 71.0. The molecule has 2 heterocycles. The first kappa shape index (κ1) is 46.4. The predicted molar refractivity (Wildman–Crippen MR) is 304 cm³/mol. The van der Waals surface area contributed by atoms with Crippen LogP contribution in [0.4, 0.5) is 34.1 Å². The summed E-state index contributed by atoms with van der Waals surface area (Å²) in [5, 5.41) is 5.52. The Kier molecular flexibility index (Phi) is 11.2. The van der Waals surface area contributed by atoms with Gasteiger partial charge in [0.25, 0.3) is 6.71 Å². The number of rotatable bonds is 6. The first-order chi connectivity index (χ1) is 32.7. The van der Waals surface area contributed by atoms with Crippen molar-refractivity contribution >= 4 is 86.0 Å². The van der Waals surface area contributed by atoms with Gasteiger partial charge in [0.2, 0.25) is 0 Å². The molecular formula is C65H69BN2Si. The topological polar surface area (TPSA) is 6.48 Å². The van der Waals surface area contributed by atoms with Crippen molar-refractivity contribution in [2.75, 3.05) is 9.80 Å². The van der Waals surface area contributed by atoms with E-state index in [2.05, 4.69) is 282 Å². The SMILES string of the molecule is Cc1cc2c3c(c1)N(c1cc(C(C)(C)C)cc(C(C)(C)C)c1)c1ccc([Si](c4ccccc4)(c4ccccc4)c4ccccc4)cc1B3c1cc(C(C)(C)C)ccc1N2c1ccc(C(C)(C)C)cc1. The van der Waals surface area contributed by atoms with Gasteiger partial charge in [-0.05, 0) is 142 Å². The number of anilines is 6. The molecule has 0 atom stereocenters. The Morgan fingerprint density at radius 2 is 0.739 bits per heavy atom. The molecule has 0 aromatic heterocycles. The summed E-state index contributed by atoms with van der Waals surface area (Å²) in [6.45, 7) is 30.3. The Hall–Kier alpha value is -6.36. The lowest BCUT2D eigenvalue weighted by Gasteiger charge is -2.45. The number of fused-ring (bicyclic) bond motifs is 4. The third-order valence-electron chi connectivity index (χ3n) is 15.0. The zero-order chi connectivity index (χ0) is 48.8. The molecule has 0 bridgehead atoms. The number of benzene rings is 8. The van der Waals surface area contributed by atoms with Gasteiger partial charge in [-0.15, -0.1) is 0 Å². The van der Waals surface area contributed by atoms with Crippen LogP contribution in [0.25, 0.3) is 0 Å². The van der Waals surface area contributed by atoms with Crippen molar-refractivity contribution in [1.82, 2.24) is 0 Å². The second-order valence-electron chi connectivity index (χ2n) is 24.0. The summed E-state index contributed by atoms with van der Waals surface area (Å²) < 4.78 is 0. The van der Waals surface area contributed by atoms with Crippen LogP contribution in [0.15, 0.2) is 182 Å². The molecule has 0 unspecified atom stereocenters. The van der Waals surface area contributed by atoms with Crippen LogP contribution >= 0.6 is 0 Å². The van der Waals surface area contributed by atoms with Crippen LogP contribution in [0.3, 0.4) is 0 Å². The highest BCUT2D eigenvalue weighted by atomic mass is 28.3. The van der Waals surface area contributed by atoms with Crippen LogP contribution in [0.2, 0.25) is 0 Å². The summed E-state index contributed by atoms with van der Waals surface area (Å²) in [4.78, 5) is 5.22. The molecule has 2 nitrogen and oxygen atoms in total. The van der Waals surface area contributed by atoms with Crippen LogP contribution in [0, 0.1) is 6.92 Å². The molecule has 0 N–H and O–H groups in total. The van der Waals surface area contributed by atoms with E-state index < -0.39 is 8.07 Å². The standard InChI is InChI=1S/C65H69BN2Si/c1-44-37-59-61-60(38-44)68(50-40-47(64(8,9)10)39-48(41-50)65(11,12)13)58-36-34-54(69(51-23-17-14-18-24-51,52-25-19-15-20-26-52)53-27-21-16-22-28-53)43-56(58)66(61)55-42-46(63(5,6)7)31-35-57(55)67(59)49-32-29-45(30-33-49)62(2,3)4/h14-43H,1-13H3. The van der Waals surface area contributed by atoms with Gasteiger partial charge in [0.1, 0.15) is 0 Å². The number of hydrogen-bond acceptors (Lipinski definition) is 2. The van der Waals surface area contributed by atoms with E-state index in [9.17, 15) is 0 Å². The lowest BCUT2D eigenvalue weighted by Crippen LogP contribution is -2.75. The molecule has 69 heavy (non-hydrogen) atoms. The van der Waals surface area contributed by atoms with Gasteiger partial charge in [0, 0.05) is 34.1 Å². The molecule has 0 saturated heterocycles. The second-order valence-corrected chi connectivity index (χ2v) is 27.8. The summed E-state index contributed by atoms with van der Waals surface area (Å²) >= 11 is 0. The minimum atomic E-state index is -2.92. The fourth-order valence-corrected chi connectivity index (χ4v) is 16.0. The van der Waals surface area contributed by atoms with Crippen molar-refractivity contribution in [1.29, 1.82) is 0 Å². The minimum absolute atomic E-state index is 0.0360. The third kappa shape index (κ3) is 7.99. The van der Waals surface area contributed by atoms with Gasteiger partial charge in [-0.3, -0.25) is 0 Å². The highest BCUT2D eigenvalue weighted by Crippen LogP contribution is 2.47. The summed E-state index contributed by atoms with van der Waals surface area (Å²) in [5.74, 6) is 0. The Bertz CT molecular complexity index is 3070. The lowest BCUT2D eigenvalue weighted by molar-refractivity contribution is 0.569. The lowest BCUT2D eigenvalue weighted by atomic mass is 9.33. The maximum atomic E-state index is 2.67. The summed E-state index contributed by atoms with van der Waals surface area (Å²) in [5.41, 5.74) is 17.9. The van der Waals surface area contributed by atoms with Gasteiger partial charge in [-0.1, -0.05) is 217 Å². The molecule has 4 heteroatoms. The minimum Gasteiger partial charge on any atom is -0.311 e. The Balaban J connectivity index is 1.36. The molecule has 10 rings (SSSR count). The molecule has 2 aliphatic heterocycles. The predicted octanol–water partition coefficient (Wildman–Crippen LogP) is 12.6. The first-order valence-electron chi connectivity index (χ1n) is 25.1. The number of nitrogens with zero attached hydrogens (tertiary/aromatic N) is 2. The monoisotopic (exact) mass is 917 g/mol. The summed E-state index contributed by atoms with van der Waals surface area (Å²) in [7, 11) is -2.92. The zero-order valence-electron chi connectivity index (χ0n) is 43.3. The molecule has 346 valence electrons. The Morgan fingerprint density at radius 3 is 1.19 bits per heavy atom. The van der Waals surface area contributed by atoms with Crippen LogP contribution < -0.4 is 46.9 Å². The largest absolute Gasteiger partial charge is 0.311 e. The van der Waals surface area contributed by atoms with E-state index in [0.29, 0.717) is 0 Å². The van der Waals surface area contributed by atoms with Gasteiger partial charge in [-0.25, -0.2) is 0 Å². The molecule has 0 saturated carbocycles. The highest BCUT2D eigenvalue weighted by molar-refractivity contribution is 7.20. The van der Waals surface area contributed by atoms with E-state index in [1.165, 1.54) is 99.1 Å². The molecule has 8 aromatic carbocycles. The maximum Gasteiger partial charge on any atom is 0.252 e. The molecule has 0 fully saturated rings. The van der Waals surface area contributed by atoms with E-state index in [0.717, 1.165) is 0 Å². The first-order valence-corrected chi connectivity index (χ1v) is 27.1. The number of hydrogen-bond donors (Lipinski definition) is 0. The van der Waals surface area contributed by atoms with Gasteiger partial charge in [0.15, 0.2) is 8.07 Å². The average Bonchev–Trinajstić information content (AvgIpc) is 3.31. The zero-order valence-corrected chi connectivity index (χ0v) is 44.3. The normalized spacial score (nSPS) is 13.8. The van der Waals surface area contributed by atoms with Crippen molar-refractivity contribution in [3.63, 3.8) is 0 Å². The fourth-order valence-electron chi connectivity index (χ4n) is 11.2. The van der Waals surface area contributed by atoms with Crippen LogP contribution in [-0.4, -0.2) is 14.8 Å². The van der Waals surface area contributed by atoms with Gasteiger partial charge >= 0.3 is 0 Å². The van der Waals surface area contributed by atoms with Crippen LogP contribution in [0.5, 0.6) is 0 Å². The van der Waals surface area contributed by atoms with Crippen molar-refractivity contribution < 1.29 is 0 Å². The molecule has 8 aromatic rings. The Labute approximate surface area is 415 Å². The van der Waals surface area contributed by atoms with E-state index in [4.69, 9.17) is 0 Å². The van der Waals surface area contributed by atoms with Crippen molar-refractivity contribution in [2.45, 2.75) is 112 Å². The van der Waals surface area contributed by atoms with Crippen LogP contribution in [-0.2, 0) is 21.7 Å². The fraction of sp³-hybridized carbons (Fsp3) is 0.262. The van der Waals surface area contributed by atoms with E-state index >= 15 is 0 Å². The Morgan fingerprint density at radius 1 is 0.333 bits per heavy atom. The van der Waals surface area contributed by atoms with Crippen molar-refractivity contribution in [3.05, 3.63) is 210 Å². The van der Waals surface area contributed by atoms with E-state index in [1.807, 2.05) is 0 Å². The van der Waals surface area contributed by atoms with Gasteiger partial charge in [0.05, 0.1) is 0 Å². The molecule has 0 aliphatic carbocycles. The third-order valence-corrected chi connectivity index (χ3v) is 19.8. The molecule has 0 amide bonds. The maximum absolute atomic E-state index is 2.92. The molecule has 0 spiro atoms. The second kappa shape index (κ2) is 16.7. The van der Waals surface area contributed by atoms with Crippen molar-refractivity contribution in [2.24, 2.45) is 0 Å². The quantitative estimate of drug-likeness (QED) is 0.121. The highest BCUT2D eigenvalue weighted by Gasteiger charge is 2.47. The summed E-state index contributed by atoms with van der Waals surface area (Å²) in [6.07, 6.45) is 0. The van der Waals surface area contributed by atoms with E-state index in [-0.39, 0.29) is 28.4 Å². The van der Waals surface area contributed by atoms with E-state index in [1.54, 1.807) is 0 Å². The van der Waals surface area contributed by atoms with Gasteiger partial charge < -0.3 is 9.80 Å². The van der Waals surface area contributed by atoms with Crippen molar-refractivity contribution in [3.8, 4) is 0 Å². The average molecular weight is 917 g/mol. The van der Waals surface area contributed by atoms with Crippen LogP contribution in [0.1, 0.15) is 111 Å². The van der Waals surface area contributed by atoms with Gasteiger partial charge in [-0.2, -0.15) is 0 Å². The smallest absolute Gasteiger partial charge is 0.252 e. The number of aryl methyl sites for hydroxylation is 1. The molecular weight excluding hydrogens is 848 g/mol. The molecule has 2 aliphatic rings.